The Morgan fingerprint density at radius 2 is 1.80 bits per heavy atom. The minimum atomic E-state index is -0.271. The van der Waals surface area contributed by atoms with Crippen LogP contribution in [0.3, 0.4) is 0 Å². The van der Waals surface area contributed by atoms with Gasteiger partial charge in [-0.25, -0.2) is 9.18 Å². The second-order valence-corrected chi connectivity index (χ2v) is 7.06. The number of rotatable bonds is 3. The summed E-state index contributed by atoms with van der Waals surface area (Å²) < 4.78 is 14.4. The molecule has 6 heteroatoms. The summed E-state index contributed by atoms with van der Waals surface area (Å²) in [5.41, 5.74) is 1.34. The van der Waals surface area contributed by atoms with Crippen molar-refractivity contribution in [1.82, 2.24) is 10.2 Å². The second kappa shape index (κ2) is 8.52. The van der Waals surface area contributed by atoms with Crippen LogP contribution in [0.2, 0.25) is 0 Å². The predicted octanol–water partition coefficient (Wildman–Crippen LogP) is 2.87. The highest BCUT2D eigenvalue weighted by molar-refractivity contribution is 5.74. The Bertz CT molecular complexity index is 580. The molecule has 25 heavy (non-hydrogen) atoms. The average Bonchev–Trinajstić information content (AvgIpc) is 2.90. The Morgan fingerprint density at radius 3 is 2.44 bits per heavy atom. The largest absolute Gasteiger partial charge is 0.393 e. The summed E-state index contributed by atoms with van der Waals surface area (Å²) in [5.74, 6) is -0.266. The fraction of sp³-hybridized carbons (Fsp3) is 0.632. The molecular weight excluding hydrogens is 321 g/mol. The lowest BCUT2D eigenvalue weighted by molar-refractivity contribution is 0.145. The predicted molar refractivity (Wildman–Crippen MR) is 96.1 cm³/mol. The highest BCUT2D eigenvalue weighted by Crippen LogP contribution is 2.24. The molecule has 2 aliphatic rings. The molecule has 5 nitrogen and oxygen atoms in total. The molecule has 0 atom stereocenters. The smallest absolute Gasteiger partial charge is 0.317 e. The number of amides is 2. The summed E-state index contributed by atoms with van der Waals surface area (Å²) in [6.07, 6.45) is 5.56. The number of anilines is 1. The highest BCUT2D eigenvalue weighted by Gasteiger charge is 2.20. The van der Waals surface area contributed by atoms with Gasteiger partial charge >= 0.3 is 6.03 Å². The molecule has 138 valence electrons. The van der Waals surface area contributed by atoms with Crippen molar-refractivity contribution < 1.29 is 14.3 Å². The van der Waals surface area contributed by atoms with E-state index in [1.54, 1.807) is 6.07 Å². The minimum absolute atomic E-state index is 0.0589. The maximum absolute atomic E-state index is 14.4. The van der Waals surface area contributed by atoms with Crippen LogP contribution in [0.1, 0.15) is 44.1 Å². The van der Waals surface area contributed by atoms with Crippen LogP contribution in [0.4, 0.5) is 14.9 Å². The molecule has 2 aliphatic heterocycles. The first-order chi connectivity index (χ1) is 12.1. The Labute approximate surface area is 148 Å². The fourth-order valence-electron chi connectivity index (χ4n) is 3.59. The van der Waals surface area contributed by atoms with Gasteiger partial charge in [0.15, 0.2) is 0 Å². The number of benzene rings is 1. The molecule has 1 aromatic rings. The standard InChI is InChI=1S/C19H28FN3O2/c20-17-13-15(5-6-18(17)22-11-7-16(24)8-12-22)14-21-19(25)23-9-3-1-2-4-10-23/h5-6,13,16,24H,1-4,7-12,14H2,(H,21,25). The van der Waals surface area contributed by atoms with E-state index in [-0.39, 0.29) is 18.0 Å². The van der Waals surface area contributed by atoms with Gasteiger partial charge in [-0.2, -0.15) is 0 Å². The summed E-state index contributed by atoms with van der Waals surface area (Å²) >= 11 is 0. The van der Waals surface area contributed by atoms with Gasteiger partial charge in [-0.15, -0.1) is 0 Å². The molecule has 2 heterocycles. The molecule has 3 rings (SSSR count). The Kier molecular flexibility index (Phi) is 6.13. The van der Waals surface area contributed by atoms with E-state index in [1.165, 1.54) is 18.9 Å². The monoisotopic (exact) mass is 349 g/mol. The van der Waals surface area contributed by atoms with Gasteiger partial charge in [0.2, 0.25) is 0 Å². The van der Waals surface area contributed by atoms with Gasteiger partial charge in [0, 0.05) is 32.7 Å². The van der Waals surface area contributed by atoms with Gasteiger partial charge in [-0.05, 0) is 43.4 Å². The third-order valence-corrected chi connectivity index (χ3v) is 5.15. The first kappa shape index (κ1) is 18.0. The number of nitrogens with zero attached hydrogens (tertiary/aromatic N) is 2. The van der Waals surface area contributed by atoms with E-state index in [1.807, 2.05) is 15.9 Å². The van der Waals surface area contributed by atoms with Crippen molar-refractivity contribution in [3.05, 3.63) is 29.6 Å². The summed E-state index contributed by atoms with van der Waals surface area (Å²) in [6.45, 7) is 3.29. The third-order valence-electron chi connectivity index (χ3n) is 5.15. The Morgan fingerprint density at radius 1 is 1.12 bits per heavy atom. The normalized spacial score (nSPS) is 19.6. The number of urea groups is 1. The van der Waals surface area contributed by atoms with Crippen molar-refractivity contribution in [1.29, 1.82) is 0 Å². The molecule has 0 saturated carbocycles. The van der Waals surface area contributed by atoms with Crippen molar-refractivity contribution in [2.75, 3.05) is 31.1 Å². The van der Waals surface area contributed by atoms with Crippen molar-refractivity contribution in [3.8, 4) is 0 Å². The van der Waals surface area contributed by atoms with Crippen LogP contribution in [0.25, 0.3) is 0 Å². The van der Waals surface area contributed by atoms with Crippen molar-refractivity contribution in [2.45, 2.75) is 51.2 Å². The number of carbonyl (C=O) groups is 1. The zero-order valence-electron chi connectivity index (χ0n) is 14.7. The maximum Gasteiger partial charge on any atom is 0.317 e. The van der Waals surface area contributed by atoms with E-state index in [2.05, 4.69) is 5.32 Å². The molecule has 1 aromatic carbocycles. The molecule has 0 spiro atoms. The lowest BCUT2D eigenvalue weighted by atomic mass is 10.1. The van der Waals surface area contributed by atoms with Crippen LogP contribution < -0.4 is 10.2 Å². The molecule has 0 aromatic heterocycles. The molecule has 0 aliphatic carbocycles. The number of carbonyl (C=O) groups excluding carboxylic acids is 1. The second-order valence-electron chi connectivity index (χ2n) is 7.06. The van der Waals surface area contributed by atoms with Crippen LogP contribution in [-0.4, -0.2) is 48.3 Å². The molecule has 2 amide bonds. The molecule has 0 bridgehead atoms. The molecule has 2 N–H and O–H groups in total. The van der Waals surface area contributed by atoms with Crippen molar-refractivity contribution in [2.24, 2.45) is 0 Å². The number of piperidine rings is 1. The molecule has 2 saturated heterocycles. The van der Waals surface area contributed by atoms with Crippen LogP contribution in [-0.2, 0) is 6.54 Å². The van der Waals surface area contributed by atoms with Gasteiger partial charge in [-0.3, -0.25) is 0 Å². The van der Waals surface area contributed by atoms with Gasteiger partial charge in [0.25, 0.3) is 0 Å². The van der Waals surface area contributed by atoms with E-state index in [9.17, 15) is 14.3 Å². The minimum Gasteiger partial charge on any atom is -0.393 e. The van der Waals surface area contributed by atoms with Gasteiger partial charge in [0.1, 0.15) is 5.82 Å². The first-order valence-corrected chi connectivity index (χ1v) is 9.38. The first-order valence-electron chi connectivity index (χ1n) is 9.38. The number of nitrogens with one attached hydrogen (secondary N) is 1. The van der Waals surface area contributed by atoms with Gasteiger partial charge < -0.3 is 20.2 Å². The molecule has 0 unspecified atom stereocenters. The van der Waals surface area contributed by atoms with Crippen LogP contribution in [0.15, 0.2) is 18.2 Å². The Balaban J connectivity index is 1.54. The lowest BCUT2D eigenvalue weighted by Crippen LogP contribution is -2.40. The fourth-order valence-corrected chi connectivity index (χ4v) is 3.59. The van der Waals surface area contributed by atoms with E-state index in [4.69, 9.17) is 0 Å². The van der Waals surface area contributed by atoms with E-state index in [0.29, 0.717) is 38.2 Å². The molecule has 2 fully saturated rings. The molecular formula is C19H28FN3O2. The van der Waals surface area contributed by atoms with Crippen molar-refractivity contribution >= 4 is 11.7 Å². The number of likely N-dealkylation sites (tertiary alicyclic amines) is 1. The number of hydrogen-bond donors (Lipinski definition) is 2. The topological polar surface area (TPSA) is 55.8 Å². The Hall–Kier alpha value is -1.82. The summed E-state index contributed by atoms with van der Waals surface area (Å²) in [7, 11) is 0. The summed E-state index contributed by atoms with van der Waals surface area (Å²) in [6, 6.07) is 5.09. The highest BCUT2D eigenvalue weighted by atomic mass is 19.1. The SMILES string of the molecule is O=C(NCc1ccc(N2CCC(O)CC2)c(F)c1)N1CCCCCC1. The number of hydrogen-bond acceptors (Lipinski definition) is 3. The number of aliphatic hydroxyl groups excluding tert-OH is 1. The summed E-state index contributed by atoms with van der Waals surface area (Å²) in [5, 5.41) is 12.5. The zero-order chi connectivity index (χ0) is 17.6. The van der Waals surface area contributed by atoms with Gasteiger partial charge in [-0.1, -0.05) is 18.9 Å². The lowest BCUT2D eigenvalue weighted by Gasteiger charge is -2.31. The quantitative estimate of drug-likeness (QED) is 0.882. The van der Waals surface area contributed by atoms with Crippen LogP contribution >= 0.6 is 0 Å². The van der Waals surface area contributed by atoms with Crippen molar-refractivity contribution in [3.63, 3.8) is 0 Å². The number of halogens is 1. The van der Waals surface area contributed by atoms with Gasteiger partial charge in [0.05, 0.1) is 11.8 Å². The van der Waals surface area contributed by atoms with Crippen LogP contribution in [0.5, 0.6) is 0 Å². The zero-order valence-corrected chi connectivity index (χ0v) is 14.7. The van der Waals surface area contributed by atoms with E-state index in [0.717, 1.165) is 31.5 Å². The van der Waals surface area contributed by atoms with E-state index >= 15 is 0 Å². The average molecular weight is 349 g/mol. The maximum atomic E-state index is 14.4. The van der Waals surface area contributed by atoms with E-state index < -0.39 is 0 Å². The molecule has 0 radical (unpaired) electrons. The summed E-state index contributed by atoms with van der Waals surface area (Å²) in [4.78, 5) is 16.1. The number of aliphatic hydroxyl groups is 1. The van der Waals surface area contributed by atoms with Crippen LogP contribution in [0, 0.1) is 5.82 Å². The third kappa shape index (κ3) is 4.84.